The Labute approximate surface area is 146 Å². The zero-order valence-electron chi connectivity index (χ0n) is 13.4. The number of rotatable bonds is 2. The number of aliphatic hydroxyl groups is 1. The zero-order valence-corrected chi connectivity index (χ0v) is 13.4. The summed E-state index contributed by atoms with van der Waals surface area (Å²) in [5, 5.41) is 10.3. The van der Waals surface area contributed by atoms with Crippen LogP contribution in [0.2, 0.25) is 0 Å². The van der Waals surface area contributed by atoms with Crippen molar-refractivity contribution in [1.29, 1.82) is 0 Å². The van der Waals surface area contributed by atoms with Crippen molar-refractivity contribution in [2.45, 2.75) is 6.18 Å². The lowest BCUT2D eigenvalue weighted by molar-refractivity contribution is -0.137. The number of aliphatic hydroxyl groups excluding tert-OH is 1. The van der Waals surface area contributed by atoms with Crippen molar-refractivity contribution in [3.8, 4) is 0 Å². The third kappa shape index (κ3) is 2.83. The molecule has 1 aromatic carbocycles. The van der Waals surface area contributed by atoms with E-state index in [0.29, 0.717) is 35.9 Å². The summed E-state index contributed by atoms with van der Waals surface area (Å²) in [5.41, 5.74) is 0.449. The molecule has 2 aromatic rings. The number of pyridine rings is 1. The van der Waals surface area contributed by atoms with Crippen LogP contribution in [-0.4, -0.2) is 39.8 Å². The van der Waals surface area contributed by atoms with Crippen molar-refractivity contribution in [2.24, 2.45) is 9.98 Å². The second kappa shape index (κ2) is 5.98. The van der Waals surface area contributed by atoms with Gasteiger partial charge in [-0.25, -0.2) is 4.99 Å². The zero-order chi connectivity index (χ0) is 18.3. The van der Waals surface area contributed by atoms with E-state index in [-0.39, 0.29) is 11.4 Å². The van der Waals surface area contributed by atoms with Crippen LogP contribution in [0.4, 0.5) is 18.9 Å². The molecule has 0 saturated heterocycles. The highest BCUT2D eigenvalue weighted by molar-refractivity contribution is 6.19. The van der Waals surface area contributed by atoms with Gasteiger partial charge in [0.2, 0.25) is 0 Å². The van der Waals surface area contributed by atoms with Crippen LogP contribution < -0.4 is 0 Å². The van der Waals surface area contributed by atoms with E-state index in [1.807, 2.05) is 0 Å². The SMILES string of the molecule is O/C(=C\C1=Nc2cc(C(F)(F)F)ccc2C2=NCCN12)c1cccnc1. The Morgan fingerprint density at radius 1 is 1.23 bits per heavy atom. The quantitative estimate of drug-likeness (QED) is 0.831. The Kier molecular flexibility index (Phi) is 3.75. The van der Waals surface area contributed by atoms with Crippen molar-refractivity contribution in [1.82, 2.24) is 9.88 Å². The first kappa shape index (κ1) is 16.3. The molecule has 0 bridgehead atoms. The van der Waals surface area contributed by atoms with Crippen LogP contribution in [0, 0.1) is 0 Å². The van der Waals surface area contributed by atoms with Crippen LogP contribution in [0.25, 0.3) is 5.76 Å². The Hall–Kier alpha value is -3.16. The first-order valence-electron chi connectivity index (χ1n) is 7.87. The molecule has 1 aromatic heterocycles. The second-order valence-corrected chi connectivity index (χ2v) is 5.83. The van der Waals surface area contributed by atoms with E-state index in [2.05, 4.69) is 15.0 Å². The summed E-state index contributed by atoms with van der Waals surface area (Å²) >= 11 is 0. The van der Waals surface area contributed by atoms with Crippen molar-refractivity contribution in [3.63, 3.8) is 0 Å². The van der Waals surface area contributed by atoms with Gasteiger partial charge in [0.05, 0.1) is 17.8 Å². The highest BCUT2D eigenvalue weighted by Gasteiger charge is 2.34. The van der Waals surface area contributed by atoms with Gasteiger partial charge in [0.15, 0.2) is 0 Å². The largest absolute Gasteiger partial charge is 0.507 e. The minimum atomic E-state index is -4.45. The molecular weight excluding hydrogens is 345 g/mol. The van der Waals surface area contributed by atoms with Gasteiger partial charge in [-0.1, -0.05) is 0 Å². The molecule has 5 nitrogen and oxygen atoms in total. The Bertz CT molecular complexity index is 949. The van der Waals surface area contributed by atoms with Gasteiger partial charge < -0.3 is 10.0 Å². The molecule has 2 aliphatic rings. The van der Waals surface area contributed by atoms with E-state index < -0.39 is 11.7 Å². The monoisotopic (exact) mass is 358 g/mol. The fourth-order valence-corrected chi connectivity index (χ4v) is 2.90. The number of hydrogen-bond acceptors (Lipinski definition) is 5. The molecule has 4 rings (SSSR count). The van der Waals surface area contributed by atoms with E-state index in [9.17, 15) is 18.3 Å². The van der Waals surface area contributed by atoms with Crippen LogP contribution in [-0.2, 0) is 6.18 Å². The van der Waals surface area contributed by atoms with Gasteiger partial charge in [-0.05, 0) is 30.3 Å². The van der Waals surface area contributed by atoms with Gasteiger partial charge in [0, 0.05) is 36.1 Å². The number of benzene rings is 1. The minimum Gasteiger partial charge on any atom is -0.507 e. The number of nitrogens with zero attached hydrogens (tertiary/aromatic N) is 4. The summed E-state index contributed by atoms with van der Waals surface area (Å²) in [4.78, 5) is 14.4. The van der Waals surface area contributed by atoms with E-state index in [4.69, 9.17) is 0 Å². The second-order valence-electron chi connectivity index (χ2n) is 5.83. The molecule has 132 valence electrons. The third-order valence-corrected chi connectivity index (χ3v) is 4.14. The van der Waals surface area contributed by atoms with E-state index >= 15 is 0 Å². The average molecular weight is 358 g/mol. The number of alkyl halides is 3. The van der Waals surface area contributed by atoms with Crippen LogP contribution in [0.15, 0.2) is 58.8 Å². The van der Waals surface area contributed by atoms with Crippen molar-refractivity contribution >= 4 is 23.1 Å². The summed E-state index contributed by atoms with van der Waals surface area (Å²) < 4.78 is 39.0. The lowest BCUT2D eigenvalue weighted by atomic mass is 10.1. The van der Waals surface area contributed by atoms with E-state index in [0.717, 1.165) is 12.1 Å². The summed E-state index contributed by atoms with van der Waals surface area (Å²) in [5.74, 6) is 0.835. The Morgan fingerprint density at radius 3 is 2.81 bits per heavy atom. The Balaban J connectivity index is 1.81. The van der Waals surface area contributed by atoms with Crippen LogP contribution in [0.3, 0.4) is 0 Å². The number of aromatic nitrogens is 1. The lowest BCUT2D eigenvalue weighted by Gasteiger charge is -2.26. The van der Waals surface area contributed by atoms with Gasteiger partial charge >= 0.3 is 6.18 Å². The van der Waals surface area contributed by atoms with E-state index in [1.54, 1.807) is 23.2 Å². The summed E-state index contributed by atoms with van der Waals surface area (Å²) in [6.45, 7) is 1.06. The third-order valence-electron chi connectivity index (χ3n) is 4.14. The van der Waals surface area contributed by atoms with E-state index in [1.165, 1.54) is 18.3 Å². The molecule has 0 fully saturated rings. The number of aliphatic imine (C=N–C) groups is 2. The minimum absolute atomic E-state index is 0.0708. The molecule has 0 spiro atoms. The van der Waals surface area contributed by atoms with Gasteiger partial charge in [0.1, 0.15) is 17.4 Å². The maximum Gasteiger partial charge on any atom is 0.416 e. The fourth-order valence-electron chi connectivity index (χ4n) is 2.90. The molecule has 0 unspecified atom stereocenters. The Morgan fingerprint density at radius 2 is 2.08 bits per heavy atom. The highest BCUT2D eigenvalue weighted by atomic mass is 19.4. The number of hydrogen-bond donors (Lipinski definition) is 1. The van der Waals surface area contributed by atoms with Crippen LogP contribution >= 0.6 is 0 Å². The molecule has 0 saturated carbocycles. The van der Waals surface area contributed by atoms with Gasteiger partial charge in [0.25, 0.3) is 0 Å². The molecule has 26 heavy (non-hydrogen) atoms. The predicted octanol–water partition coefficient (Wildman–Crippen LogP) is 3.81. The molecule has 2 aliphatic heterocycles. The standard InChI is InChI=1S/C18H13F3N4O/c19-18(20,21)12-3-4-13-14(8-12)24-16(25-7-6-23-17(13)25)9-15(26)11-2-1-5-22-10-11/h1-5,8-10,26H,6-7H2/b15-9-. The van der Waals surface area contributed by atoms with Gasteiger partial charge in [-0.2, -0.15) is 13.2 Å². The normalized spacial score (nSPS) is 16.7. The smallest absolute Gasteiger partial charge is 0.416 e. The highest BCUT2D eigenvalue weighted by Crippen LogP contribution is 2.36. The molecular formula is C18H13F3N4O. The number of halogens is 3. The first-order valence-corrected chi connectivity index (χ1v) is 7.87. The summed E-state index contributed by atoms with van der Waals surface area (Å²) in [7, 11) is 0. The fraction of sp³-hybridized carbons (Fsp3) is 0.167. The van der Waals surface area contributed by atoms with Crippen molar-refractivity contribution in [3.05, 3.63) is 65.5 Å². The summed E-state index contributed by atoms with van der Waals surface area (Å²) in [6.07, 6.45) is 0.0348. The van der Waals surface area contributed by atoms with Gasteiger partial charge in [-0.15, -0.1) is 0 Å². The number of amidine groups is 2. The lowest BCUT2D eigenvalue weighted by Crippen LogP contribution is -2.36. The summed E-state index contributed by atoms with van der Waals surface area (Å²) in [6, 6.07) is 6.77. The molecule has 8 heteroatoms. The van der Waals surface area contributed by atoms with Crippen LogP contribution in [0.1, 0.15) is 16.7 Å². The predicted molar refractivity (Wildman–Crippen MR) is 91.5 cm³/mol. The van der Waals surface area contributed by atoms with Crippen LogP contribution in [0.5, 0.6) is 0 Å². The molecule has 0 atom stereocenters. The average Bonchev–Trinajstić information content (AvgIpc) is 3.11. The van der Waals surface area contributed by atoms with Crippen molar-refractivity contribution < 1.29 is 18.3 Å². The molecule has 3 heterocycles. The van der Waals surface area contributed by atoms with Gasteiger partial charge in [-0.3, -0.25) is 9.98 Å². The molecule has 0 aliphatic carbocycles. The topological polar surface area (TPSA) is 61.1 Å². The maximum atomic E-state index is 13.0. The maximum absolute atomic E-state index is 13.0. The van der Waals surface area contributed by atoms with Crippen molar-refractivity contribution in [2.75, 3.05) is 13.1 Å². The first-order chi connectivity index (χ1) is 12.4. The molecule has 0 radical (unpaired) electrons. The number of fused-ring (bicyclic) bond motifs is 3. The molecule has 0 amide bonds. The molecule has 1 N–H and O–H groups in total.